The molecule has 4 nitrogen and oxygen atoms in total. The minimum Gasteiger partial charge on any atom is -0.207 e. The summed E-state index contributed by atoms with van der Waals surface area (Å²) in [5.74, 6) is 0.468. The summed E-state index contributed by atoms with van der Waals surface area (Å²) in [7, 11) is -3.62. The van der Waals surface area contributed by atoms with Crippen LogP contribution in [0, 0.1) is 23.2 Å². The second-order valence-corrected chi connectivity index (χ2v) is 7.62. The standard InChI is InChI=1S/C15H22N2O2S/c1-12(2)10-17(11-13(3)4)20(18,19)15-8-6-5-7-14(15)9-16/h5-8,12-13H,10-11H2,1-4H3. The highest BCUT2D eigenvalue weighted by molar-refractivity contribution is 7.89. The number of benzene rings is 1. The van der Waals surface area contributed by atoms with E-state index in [2.05, 4.69) is 0 Å². The number of hydrogen-bond donors (Lipinski definition) is 0. The van der Waals surface area contributed by atoms with Crippen LogP contribution in [0.3, 0.4) is 0 Å². The Morgan fingerprint density at radius 1 is 1.10 bits per heavy atom. The first kappa shape index (κ1) is 16.7. The molecule has 0 atom stereocenters. The van der Waals surface area contributed by atoms with Crippen molar-refractivity contribution < 1.29 is 8.42 Å². The molecule has 1 rings (SSSR count). The van der Waals surface area contributed by atoms with Crippen molar-refractivity contribution in [2.45, 2.75) is 32.6 Å². The molecule has 0 radical (unpaired) electrons. The topological polar surface area (TPSA) is 61.2 Å². The van der Waals surface area contributed by atoms with E-state index in [0.29, 0.717) is 13.1 Å². The van der Waals surface area contributed by atoms with Gasteiger partial charge in [0.1, 0.15) is 6.07 Å². The van der Waals surface area contributed by atoms with Crippen molar-refractivity contribution in [1.29, 1.82) is 5.26 Å². The third-order valence-electron chi connectivity index (χ3n) is 2.76. The summed E-state index contributed by atoms with van der Waals surface area (Å²) in [6, 6.07) is 8.32. The van der Waals surface area contributed by atoms with Crippen LogP contribution in [0.4, 0.5) is 0 Å². The van der Waals surface area contributed by atoms with E-state index in [4.69, 9.17) is 5.26 Å². The summed E-state index contributed by atoms with van der Waals surface area (Å²) in [5.41, 5.74) is 0.199. The van der Waals surface area contributed by atoms with Gasteiger partial charge in [-0.05, 0) is 24.0 Å². The van der Waals surface area contributed by atoms with Crippen molar-refractivity contribution in [3.8, 4) is 6.07 Å². The molecule has 0 saturated carbocycles. The Morgan fingerprint density at radius 2 is 1.60 bits per heavy atom. The molecule has 0 spiro atoms. The van der Waals surface area contributed by atoms with Crippen LogP contribution in [0.1, 0.15) is 33.3 Å². The summed E-state index contributed by atoms with van der Waals surface area (Å²) in [6.07, 6.45) is 0. The average Bonchev–Trinajstić information content (AvgIpc) is 2.36. The zero-order valence-electron chi connectivity index (χ0n) is 12.5. The first-order valence-electron chi connectivity index (χ1n) is 6.78. The van der Waals surface area contributed by atoms with Gasteiger partial charge in [0.2, 0.25) is 10.0 Å². The maximum atomic E-state index is 12.8. The van der Waals surface area contributed by atoms with Gasteiger partial charge in [-0.1, -0.05) is 39.8 Å². The van der Waals surface area contributed by atoms with Crippen molar-refractivity contribution >= 4 is 10.0 Å². The van der Waals surface area contributed by atoms with Gasteiger partial charge < -0.3 is 0 Å². The van der Waals surface area contributed by atoms with Crippen LogP contribution in [0.25, 0.3) is 0 Å². The minimum atomic E-state index is -3.62. The van der Waals surface area contributed by atoms with Crippen molar-refractivity contribution in [2.24, 2.45) is 11.8 Å². The van der Waals surface area contributed by atoms with E-state index in [1.54, 1.807) is 12.1 Å². The summed E-state index contributed by atoms with van der Waals surface area (Å²) in [4.78, 5) is 0.101. The molecule has 0 unspecified atom stereocenters. The largest absolute Gasteiger partial charge is 0.244 e. The van der Waals surface area contributed by atoms with Crippen molar-refractivity contribution in [2.75, 3.05) is 13.1 Å². The van der Waals surface area contributed by atoms with Crippen LogP contribution >= 0.6 is 0 Å². The number of nitrogens with zero attached hydrogens (tertiary/aromatic N) is 2. The van der Waals surface area contributed by atoms with Crippen LogP contribution in [0.2, 0.25) is 0 Å². The van der Waals surface area contributed by atoms with E-state index >= 15 is 0 Å². The lowest BCUT2D eigenvalue weighted by atomic mass is 10.2. The highest BCUT2D eigenvalue weighted by Gasteiger charge is 2.27. The van der Waals surface area contributed by atoms with Crippen molar-refractivity contribution in [3.05, 3.63) is 29.8 Å². The number of rotatable bonds is 6. The van der Waals surface area contributed by atoms with Gasteiger partial charge in [-0.3, -0.25) is 0 Å². The van der Waals surface area contributed by atoms with Gasteiger partial charge in [-0.2, -0.15) is 9.57 Å². The molecule has 0 amide bonds. The molecule has 110 valence electrons. The second-order valence-electron chi connectivity index (χ2n) is 5.72. The van der Waals surface area contributed by atoms with Gasteiger partial charge in [0.15, 0.2) is 0 Å². The fraction of sp³-hybridized carbons (Fsp3) is 0.533. The number of nitriles is 1. The molecule has 1 aromatic rings. The fourth-order valence-electron chi connectivity index (χ4n) is 2.01. The molecule has 0 aliphatic heterocycles. The van der Waals surface area contributed by atoms with Crippen LogP contribution in [0.5, 0.6) is 0 Å². The van der Waals surface area contributed by atoms with Crippen LogP contribution in [-0.4, -0.2) is 25.8 Å². The van der Waals surface area contributed by atoms with E-state index in [1.807, 2.05) is 33.8 Å². The number of sulfonamides is 1. The van der Waals surface area contributed by atoms with Gasteiger partial charge in [0.05, 0.1) is 10.5 Å². The second kappa shape index (κ2) is 6.87. The van der Waals surface area contributed by atoms with E-state index in [1.165, 1.54) is 16.4 Å². The zero-order chi connectivity index (χ0) is 15.3. The highest BCUT2D eigenvalue weighted by Crippen LogP contribution is 2.21. The van der Waals surface area contributed by atoms with Crippen molar-refractivity contribution in [3.63, 3.8) is 0 Å². The first-order valence-corrected chi connectivity index (χ1v) is 8.22. The molecule has 0 saturated heterocycles. The van der Waals surface area contributed by atoms with Crippen LogP contribution in [0.15, 0.2) is 29.2 Å². The summed E-state index contributed by atoms with van der Waals surface area (Å²) < 4.78 is 27.0. The quantitative estimate of drug-likeness (QED) is 0.810. The molecule has 0 aromatic heterocycles. The maximum absolute atomic E-state index is 12.8. The van der Waals surface area contributed by atoms with Gasteiger partial charge in [0, 0.05) is 13.1 Å². The lowest BCUT2D eigenvalue weighted by Gasteiger charge is -2.26. The molecule has 1 aromatic carbocycles. The minimum absolute atomic E-state index is 0.101. The van der Waals surface area contributed by atoms with Crippen LogP contribution < -0.4 is 0 Å². The smallest absolute Gasteiger partial charge is 0.207 e. The Morgan fingerprint density at radius 3 is 2.05 bits per heavy atom. The Balaban J connectivity index is 3.26. The molecule has 0 N–H and O–H groups in total. The number of hydrogen-bond acceptors (Lipinski definition) is 3. The zero-order valence-corrected chi connectivity index (χ0v) is 13.3. The first-order chi connectivity index (χ1) is 9.28. The molecule has 5 heteroatoms. The summed E-state index contributed by atoms with van der Waals surface area (Å²) in [5, 5.41) is 9.09. The predicted octanol–water partition coefficient (Wildman–Crippen LogP) is 2.86. The Bertz CT molecular complexity index is 576. The Labute approximate surface area is 122 Å². The van der Waals surface area contributed by atoms with E-state index in [-0.39, 0.29) is 22.3 Å². The fourth-order valence-corrected chi connectivity index (χ4v) is 3.92. The van der Waals surface area contributed by atoms with E-state index in [9.17, 15) is 8.42 Å². The molecule has 0 bridgehead atoms. The predicted molar refractivity (Wildman–Crippen MR) is 79.6 cm³/mol. The average molecular weight is 294 g/mol. The lowest BCUT2D eigenvalue weighted by molar-refractivity contribution is 0.333. The monoisotopic (exact) mass is 294 g/mol. The van der Waals surface area contributed by atoms with Gasteiger partial charge >= 0.3 is 0 Å². The SMILES string of the molecule is CC(C)CN(CC(C)C)S(=O)(=O)c1ccccc1C#N. The molecular weight excluding hydrogens is 272 g/mol. The third-order valence-corrected chi connectivity index (χ3v) is 4.65. The van der Waals surface area contributed by atoms with E-state index < -0.39 is 10.0 Å². The van der Waals surface area contributed by atoms with Crippen molar-refractivity contribution in [1.82, 2.24) is 4.31 Å². The third kappa shape index (κ3) is 4.06. The Hall–Kier alpha value is -1.38. The van der Waals surface area contributed by atoms with Crippen LogP contribution in [-0.2, 0) is 10.0 Å². The van der Waals surface area contributed by atoms with Gasteiger partial charge in [-0.25, -0.2) is 8.42 Å². The maximum Gasteiger partial charge on any atom is 0.244 e. The highest BCUT2D eigenvalue weighted by atomic mass is 32.2. The van der Waals surface area contributed by atoms with Gasteiger partial charge in [-0.15, -0.1) is 0 Å². The Kier molecular flexibility index (Phi) is 5.73. The lowest BCUT2D eigenvalue weighted by Crippen LogP contribution is -2.37. The molecule has 20 heavy (non-hydrogen) atoms. The molecule has 0 heterocycles. The van der Waals surface area contributed by atoms with E-state index in [0.717, 1.165) is 0 Å². The molecular formula is C15H22N2O2S. The molecule has 0 aliphatic carbocycles. The summed E-state index contributed by atoms with van der Waals surface area (Å²) in [6.45, 7) is 8.86. The molecule has 0 fully saturated rings. The summed E-state index contributed by atoms with van der Waals surface area (Å²) >= 11 is 0. The van der Waals surface area contributed by atoms with Gasteiger partial charge in [0.25, 0.3) is 0 Å². The molecule has 0 aliphatic rings. The normalized spacial score (nSPS) is 12.1.